The molecule has 0 atom stereocenters. The molecule has 2 aliphatic rings. The van der Waals surface area contributed by atoms with Crippen molar-refractivity contribution >= 4 is 38.7 Å². The third-order valence-electron chi connectivity index (χ3n) is 5.70. The monoisotopic (exact) mass is 659 g/mol. The Balaban J connectivity index is 0.000000320. The van der Waals surface area contributed by atoms with Crippen LogP contribution in [0.15, 0.2) is 82.3 Å². The molecule has 1 aromatic heterocycles. The van der Waals surface area contributed by atoms with Gasteiger partial charge in [-0.25, -0.2) is 8.42 Å². The van der Waals surface area contributed by atoms with E-state index in [0.717, 1.165) is 38.9 Å². The number of hydrogen-bond acceptors (Lipinski definition) is 5. The maximum Gasteiger partial charge on any atom is 0.189 e. The van der Waals surface area contributed by atoms with Gasteiger partial charge in [0.25, 0.3) is 0 Å². The minimum atomic E-state index is -3.51. The molecule has 1 radical (unpaired) electrons. The fourth-order valence-electron chi connectivity index (χ4n) is 4.42. The summed E-state index contributed by atoms with van der Waals surface area (Å²) in [6, 6.07) is 21.8. The van der Waals surface area contributed by atoms with Crippen LogP contribution in [-0.2, 0) is 34.7 Å². The molecule has 1 aliphatic heterocycles. The first-order valence-electron chi connectivity index (χ1n) is 10.7. The van der Waals surface area contributed by atoms with Gasteiger partial charge in [0.15, 0.2) is 15.6 Å². The first-order chi connectivity index (χ1) is 16.3. The zero-order valence-corrected chi connectivity index (χ0v) is 22.1. The van der Waals surface area contributed by atoms with Crippen LogP contribution in [0.25, 0.3) is 45.4 Å². The number of allylic oxidation sites excluding steroid dienone is 2. The number of aliphatic hydroxyl groups excluding tert-OH is 1. The van der Waals surface area contributed by atoms with Crippen molar-refractivity contribution in [2.75, 3.05) is 0 Å². The summed E-state index contributed by atoms with van der Waals surface area (Å²) in [6.45, 7) is 2.85. The third kappa shape index (κ3) is 4.27. The Morgan fingerprint density at radius 3 is 2.43 bits per heavy atom. The summed E-state index contributed by atoms with van der Waals surface area (Å²) in [4.78, 5) is 15.5. The van der Waals surface area contributed by atoms with Crippen molar-refractivity contribution < 1.29 is 38.4 Å². The summed E-state index contributed by atoms with van der Waals surface area (Å²) in [5.74, 6) is -0.0625. The number of ketones is 1. The minimum Gasteiger partial charge on any atom is -0.512 e. The number of hydrogen-bond donors (Lipinski definition) is 1. The Morgan fingerprint density at radius 1 is 0.971 bits per heavy atom. The van der Waals surface area contributed by atoms with Crippen molar-refractivity contribution in [2.45, 2.75) is 23.6 Å². The quantitative estimate of drug-likeness (QED) is 0.140. The molecule has 3 aromatic carbocycles. The van der Waals surface area contributed by atoms with Gasteiger partial charge in [-0.15, -0.1) is 23.8 Å². The number of aliphatic hydroxyl groups is 1. The zero-order valence-electron chi connectivity index (χ0n) is 18.9. The minimum absolute atomic E-state index is 0. The molecule has 0 spiro atoms. The standard InChI is InChI=1S/C23H12NO2S.C5H8O2.Ir/c25-27(26)20-9-2-1-6-17(20)23-16(7-4-10-21(23)27)19-13-15-12-11-14-5-3-8-18(24-19)22(14)15;1-4(6)3-5(2)7;/h1-6,8-13H;3,6H,1-2H3;/q-1;;/b;4-3-;. The first kappa shape index (κ1) is 24.7. The molecule has 6 rings (SSSR count). The average molecular weight is 659 g/mol. The Bertz CT molecular complexity index is 1670. The normalized spacial score (nSPS) is 13.9. The fourth-order valence-corrected chi connectivity index (χ4v) is 6.10. The van der Waals surface area contributed by atoms with Crippen LogP contribution in [0.1, 0.15) is 25.0 Å². The van der Waals surface area contributed by atoms with Gasteiger partial charge in [-0.1, -0.05) is 54.1 Å². The molecule has 4 aromatic rings. The van der Waals surface area contributed by atoms with Gasteiger partial charge < -0.3 is 5.11 Å². The topological polar surface area (TPSA) is 84.3 Å². The number of carbonyl (C=O) groups excluding carboxylic acids is 1. The van der Waals surface area contributed by atoms with Crippen molar-refractivity contribution in [3.8, 4) is 22.4 Å². The molecule has 35 heavy (non-hydrogen) atoms. The number of carbonyl (C=O) groups is 1. The zero-order chi connectivity index (χ0) is 24.0. The second kappa shape index (κ2) is 9.34. The molecule has 2 heterocycles. The Labute approximate surface area is 217 Å². The molecule has 177 valence electrons. The number of sulfone groups is 1. The van der Waals surface area contributed by atoms with E-state index < -0.39 is 9.84 Å². The van der Waals surface area contributed by atoms with E-state index >= 15 is 0 Å². The number of rotatable bonds is 2. The van der Waals surface area contributed by atoms with Crippen LogP contribution in [0.4, 0.5) is 0 Å². The first-order valence-corrected chi connectivity index (χ1v) is 12.1. The summed E-state index contributed by atoms with van der Waals surface area (Å²) in [7, 11) is -3.51. The SMILES string of the molecule is CC(=O)/C=C(/C)O.O=S1(=O)c2ccccc2-c2c(-c3cc4c5c(cccc5n3)C=C4)[c-]ccc21.[Ir]. The van der Waals surface area contributed by atoms with Crippen LogP contribution >= 0.6 is 0 Å². The molecule has 0 unspecified atom stereocenters. The summed E-state index contributed by atoms with van der Waals surface area (Å²) >= 11 is 0. The number of fused-ring (bicyclic) bond motifs is 3. The van der Waals surface area contributed by atoms with E-state index in [1.54, 1.807) is 24.3 Å². The van der Waals surface area contributed by atoms with Crippen molar-refractivity contribution in [3.63, 3.8) is 0 Å². The molecule has 5 nitrogen and oxygen atoms in total. The van der Waals surface area contributed by atoms with Gasteiger partial charge in [0.1, 0.15) is 0 Å². The van der Waals surface area contributed by atoms with E-state index in [9.17, 15) is 13.2 Å². The van der Waals surface area contributed by atoms with Crippen molar-refractivity contribution in [1.82, 2.24) is 4.98 Å². The molecular weight excluding hydrogens is 639 g/mol. The van der Waals surface area contributed by atoms with E-state index in [1.165, 1.54) is 19.9 Å². The predicted molar refractivity (Wildman–Crippen MR) is 133 cm³/mol. The van der Waals surface area contributed by atoms with Gasteiger partial charge in [-0.3, -0.25) is 9.78 Å². The van der Waals surface area contributed by atoms with Gasteiger partial charge >= 0.3 is 0 Å². The van der Waals surface area contributed by atoms with E-state index in [2.05, 4.69) is 24.3 Å². The Kier molecular flexibility index (Phi) is 6.60. The van der Waals surface area contributed by atoms with Gasteiger partial charge in [0.05, 0.1) is 16.2 Å². The largest absolute Gasteiger partial charge is 0.512 e. The molecule has 1 N–H and O–H groups in total. The van der Waals surface area contributed by atoms with Crippen LogP contribution < -0.4 is 0 Å². The molecular formula is C28H20IrNO4S-. The van der Waals surface area contributed by atoms with E-state index in [-0.39, 0.29) is 31.6 Å². The smallest absolute Gasteiger partial charge is 0.189 e. The molecule has 0 fully saturated rings. The third-order valence-corrected chi connectivity index (χ3v) is 7.56. The fraction of sp³-hybridized carbons (Fsp3) is 0.0714. The second-order valence-electron chi connectivity index (χ2n) is 8.16. The number of nitrogens with zero attached hydrogens (tertiary/aromatic N) is 1. The molecule has 1 aliphatic carbocycles. The molecule has 0 bridgehead atoms. The Hall–Kier alpha value is -3.38. The maximum atomic E-state index is 13.0. The predicted octanol–water partition coefficient (Wildman–Crippen LogP) is 6.03. The molecule has 0 saturated carbocycles. The van der Waals surface area contributed by atoms with Gasteiger partial charge in [-0.05, 0) is 53.3 Å². The second-order valence-corrected chi connectivity index (χ2v) is 10.0. The van der Waals surface area contributed by atoms with Crippen LogP contribution in [-0.4, -0.2) is 24.3 Å². The Morgan fingerprint density at radius 2 is 1.71 bits per heavy atom. The number of aromatic nitrogens is 1. The van der Waals surface area contributed by atoms with E-state index in [1.807, 2.05) is 30.3 Å². The summed E-state index contributed by atoms with van der Waals surface area (Å²) in [6.07, 6.45) is 5.33. The van der Waals surface area contributed by atoms with Crippen LogP contribution in [0.2, 0.25) is 0 Å². The van der Waals surface area contributed by atoms with Crippen molar-refractivity contribution in [1.29, 1.82) is 0 Å². The summed E-state index contributed by atoms with van der Waals surface area (Å²) < 4.78 is 25.9. The van der Waals surface area contributed by atoms with Crippen LogP contribution in [0.5, 0.6) is 0 Å². The number of pyridine rings is 1. The van der Waals surface area contributed by atoms with Crippen LogP contribution in [0.3, 0.4) is 0 Å². The van der Waals surface area contributed by atoms with Crippen molar-refractivity contribution in [2.24, 2.45) is 0 Å². The molecule has 0 amide bonds. The van der Waals surface area contributed by atoms with Gasteiger partial charge in [0, 0.05) is 31.6 Å². The summed E-state index contributed by atoms with van der Waals surface area (Å²) in [5, 5.41) is 9.50. The molecule has 0 saturated heterocycles. The number of benzene rings is 3. The van der Waals surface area contributed by atoms with Crippen molar-refractivity contribution in [3.05, 3.63) is 89.7 Å². The van der Waals surface area contributed by atoms with Gasteiger partial charge in [-0.2, -0.15) is 0 Å². The average Bonchev–Trinajstić information content (AvgIpc) is 3.32. The molecule has 7 heteroatoms. The van der Waals surface area contributed by atoms with Gasteiger partial charge in [0.2, 0.25) is 0 Å². The summed E-state index contributed by atoms with van der Waals surface area (Å²) in [5.41, 5.74) is 6.06. The maximum absolute atomic E-state index is 13.0. The van der Waals surface area contributed by atoms with Crippen LogP contribution in [0, 0.1) is 6.07 Å². The van der Waals surface area contributed by atoms with E-state index in [0.29, 0.717) is 15.4 Å². The van der Waals surface area contributed by atoms with E-state index in [4.69, 9.17) is 10.1 Å².